The Balaban J connectivity index is 3.03. The van der Waals surface area contributed by atoms with Crippen molar-refractivity contribution in [3.63, 3.8) is 0 Å². The van der Waals surface area contributed by atoms with E-state index in [1.54, 1.807) is 6.92 Å². The smallest absolute Gasteiger partial charge is 0.311 e. The van der Waals surface area contributed by atoms with Crippen molar-refractivity contribution in [3.8, 4) is 0 Å². The molecule has 1 rings (SSSR count). The van der Waals surface area contributed by atoms with Crippen LogP contribution in [0.4, 0.5) is 0 Å². The zero-order valence-electron chi connectivity index (χ0n) is 12.0. The summed E-state index contributed by atoms with van der Waals surface area (Å²) in [5.74, 6) is -8.62. The molecule has 122 valence electrons. The van der Waals surface area contributed by atoms with Crippen LogP contribution in [-0.2, 0) is 23.9 Å². The molecule has 0 saturated heterocycles. The van der Waals surface area contributed by atoms with Crippen LogP contribution in [0.2, 0.25) is 0 Å². The Bertz CT molecular complexity index is 495. The first-order chi connectivity index (χ1) is 10.3. The fraction of sp³-hybridized carbons (Fsp3) is 0.571. The van der Waals surface area contributed by atoms with E-state index in [0.717, 1.165) is 0 Å². The molecule has 4 unspecified atom stereocenters. The van der Waals surface area contributed by atoms with Crippen LogP contribution in [0, 0.1) is 23.7 Å². The molecule has 3 N–H and O–H groups in total. The lowest BCUT2D eigenvalue weighted by Gasteiger charge is -2.30. The summed E-state index contributed by atoms with van der Waals surface area (Å²) < 4.78 is 4.83. The molecule has 22 heavy (non-hydrogen) atoms. The van der Waals surface area contributed by atoms with Gasteiger partial charge in [-0.25, -0.2) is 0 Å². The number of rotatable bonds is 7. The van der Waals surface area contributed by atoms with E-state index in [1.807, 2.05) is 0 Å². The highest BCUT2D eigenvalue weighted by atomic mass is 16.5. The van der Waals surface area contributed by atoms with Gasteiger partial charge in [0.2, 0.25) is 0 Å². The SMILES string of the molecule is CCOC(=O)C(CC(=O)O)C1C=CC(C(=O)O)C(C(=O)O)C1. The molecule has 1 aliphatic rings. The van der Waals surface area contributed by atoms with Crippen molar-refractivity contribution in [1.29, 1.82) is 0 Å². The molecular formula is C14H18O8. The fourth-order valence-corrected chi connectivity index (χ4v) is 2.57. The summed E-state index contributed by atoms with van der Waals surface area (Å²) in [6, 6.07) is 0. The molecule has 8 nitrogen and oxygen atoms in total. The molecule has 0 radical (unpaired) electrons. The number of hydrogen-bond donors (Lipinski definition) is 3. The number of carbonyl (C=O) groups is 4. The normalized spacial score (nSPS) is 25.2. The Kier molecular flexibility index (Phi) is 6.09. The summed E-state index contributed by atoms with van der Waals surface area (Å²) in [4.78, 5) is 45.1. The van der Waals surface area contributed by atoms with Crippen molar-refractivity contribution in [1.82, 2.24) is 0 Å². The quantitative estimate of drug-likeness (QED) is 0.459. The predicted octanol–water partition coefficient (Wildman–Crippen LogP) is 0.618. The molecule has 0 bridgehead atoms. The Morgan fingerprint density at radius 3 is 2.23 bits per heavy atom. The molecule has 1 aliphatic carbocycles. The summed E-state index contributed by atoms with van der Waals surface area (Å²) in [7, 11) is 0. The Labute approximate surface area is 126 Å². The molecule has 0 spiro atoms. The van der Waals surface area contributed by atoms with E-state index < -0.39 is 54.0 Å². The highest BCUT2D eigenvalue weighted by Gasteiger charge is 2.41. The minimum atomic E-state index is -1.29. The average molecular weight is 314 g/mol. The Morgan fingerprint density at radius 1 is 1.14 bits per heavy atom. The second kappa shape index (κ2) is 7.58. The van der Waals surface area contributed by atoms with Gasteiger partial charge >= 0.3 is 23.9 Å². The van der Waals surface area contributed by atoms with E-state index in [9.17, 15) is 19.2 Å². The summed E-state index contributed by atoms with van der Waals surface area (Å²) in [6.07, 6.45) is 1.99. The maximum atomic E-state index is 11.9. The number of allylic oxidation sites excluding steroid dienone is 1. The third-order valence-electron chi connectivity index (χ3n) is 3.63. The van der Waals surface area contributed by atoms with Gasteiger partial charge in [0.05, 0.1) is 30.8 Å². The van der Waals surface area contributed by atoms with E-state index in [-0.39, 0.29) is 13.0 Å². The average Bonchev–Trinajstić information content (AvgIpc) is 2.43. The second-order valence-electron chi connectivity index (χ2n) is 5.05. The number of carboxylic acids is 3. The molecule has 8 heteroatoms. The highest BCUT2D eigenvalue weighted by Crippen LogP contribution is 2.35. The number of aliphatic carboxylic acids is 3. The molecule has 0 aromatic heterocycles. The largest absolute Gasteiger partial charge is 0.481 e. The van der Waals surface area contributed by atoms with Crippen LogP contribution in [0.25, 0.3) is 0 Å². The monoisotopic (exact) mass is 314 g/mol. The van der Waals surface area contributed by atoms with Gasteiger partial charge in [0.1, 0.15) is 0 Å². The van der Waals surface area contributed by atoms with Gasteiger partial charge in [0.25, 0.3) is 0 Å². The van der Waals surface area contributed by atoms with Crippen molar-refractivity contribution >= 4 is 23.9 Å². The van der Waals surface area contributed by atoms with Crippen molar-refractivity contribution in [3.05, 3.63) is 12.2 Å². The summed E-state index contributed by atoms with van der Waals surface area (Å²) in [5.41, 5.74) is 0. The highest BCUT2D eigenvalue weighted by molar-refractivity contribution is 5.83. The molecule has 0 aromatic carbocycles. The molecule has 4 atom stereocenters. The number of hydrogen-bond acceptors (Lipinski definition) is 5. The first kappa shape index (κ1) is 17.7. The summed E-state index contributed by atoms with van der Waals surface area (Å²) in [5, 5.41) is 27.1. The van der Waals surface area contributed by atoms with Crippen LogP contribution in [0.3, 0.4) is 0 Å². The van der Waals surface area contributed by atoms with Gasteiger partial charge in [-0.05, 0) is 19.3 Å². The van der Waals surface area contributed by atoms with Crippen molar-refractivity contribution in [2.45, 2.75) is 19.8 Å². The van der Waals surface area contributed by atoms with E-state index in [1.165, 1.54) is 12.2 Å². The number of carbonyl (C=O) groups excluding carboxylic acids is 1. The minimum absolute atomic E-state index is 0.0749. The molecule has 0 amide bonds. The van der Waals surface area contributed by atoms with E-state index >= 15 is 0 Å². The van der Waals surface area contributed by atoms with Crippen LogP contribution >= 0.6 is 0 Å². The molecular weight excluding hydrogens is 296 g/mol. The van der Waals surface area contributed by atoms with Gasteiger partial charge in [0, 0.05) is 0 Å². The van der Waals surface area contributed by atoms with E-state index in [2.05, 4.69) is 0 Å². The lowest BCUT2D eigenvalue weighted by atomic mass is 9.73. The third-order valence-corrected chi connectivity index (χ3v) is 3.63. The van der Waals surface area contributed by atoms with Crippen LogP contribution in [0.15, 0.2) is 12.2 Å². The molecule has 0 saturated carbocycles. The first-order valence-corrected chi connectivity index (χ1v) is 6.80. The molecule has 0 aliphatic heterocycles. The Hall–Kier alpha value is -2.38. The van der Waals surface area contributed by atoms with Gasteiger partial charge in [-0.15, -0.1) is 0 Å². The number of esters is 1. The van der Waals surface area contributed by atoms with Crippen LogP contribution in [0.5, 0.6) is 0 Å². The Morgan fingerprint density at radius 2 is 1.77 bits per heavy atom. The maximum Gasteiger partial charge on any atom is 0.311 e. The van der Waals surface area contributed by atoms with Gasteiger partial charge < -0.3 is 20.1 Å². The summed E-state index contributed by atoms with van der Waals surface area (Å²) >= 11 is 0. The minimum Gasteiger partial charge on any atom is -0.481 e. The zero-order valence-corrected chi connectivity index (χ0v) is 12.0. The lowest BCUT2D eigenvalue weighted by Crippen LogP contribution is -2.37. The molecule has 0 fully saturated rings. The van der Waals surface area contributed by atoms with Crippen molar-refractivity contribution in [2.24, 2.45) is 23.7 Å². The fourth-order valence-electron chi connectivity index (χ4n) is 2.57. The van der Waals surface area contributed by atoms with Gasteiger partial charge in [-0.2, -0.15) is 0 Å². The molecule has 0 aromatic rings. The topological polar surface area (TPSA) is 138 Å². The standard InChI is InChI=1S/C14H18O8/c1-2-22-14(21)9(6-11(15)16)7-3-4-8(12(17)18)10(5-7)13(19)20/h3-4,7-10H,2,5-6H2,1H3,(H,15,16)(H,17,18)(H,19,20). The van der Waals surface area contributed by atoms with Crippen molar-refractivity contribution < 1.29 is 39.2 Å². The maximum absolute atomic E-state index is 11.9. The lowest BCUT2D eigenvalue weighted by molar-refractivity contribution is -0.157. The number of carboxylic acid groups (broad SMARTS) is 3. The van der Waals surface area contributed by atoms with Crippen LogP contribution in [-0.4, -0.2) is 45.8 Å². The van der Waals surface area contributed by atoms with Gasteiger partial charge in [-0.3, -0.25) is 19.2 Å². The number of ether oxygens (including phenoxy) is 1. The third kappa shape index (κ3) is 4.31. The second-order valence-corrected chi connectivity index (χ2v) is 5.05. The van der Waals surface area contributed by atoms with Gasteiger partial charge in [-0.1, -0.05) is 12.2 Å². The van der Waals surface area contributed by atoms with Crippen molar-refractivity contribution in [2.75, 3.05) is 6.61 Å². The molecule has 0 heterocycles. The van der Waals surface area contributed by atoms with E-state index in [4.69, 9.17) is 20.1 Å². The van der Waals surface area contributed by atoms with E-state index in [0.29, 0.717) is 0 Å². The van der Waals surface area contributed by atoms with Gasteiger partial charge in [0.15, 0.2) is 0 Å². The van der Waals surface area contributed by atoms with Crippen LogP contribution in [0.1, 0.15) is 19.8 Å². The zero-order chi connectivity index (χ0) is 16.9. The summed E-state index contributed by atoms with van der Waals surface area (Å²) in [6.45, 7) is 1.65. The predicted molar refractivity (Wildman–Crippen MR) is 71.9 cm³/mol. The first-order valence-electron chi connectivity index (χ1n) is 6.80. The van der Waals surface area contributed by atoms with Crippen LogP contribution < -0.4 is 0 Å².